The molecule has 42 heavy (non-hydrogen) atoms. The number of H-pyrrole nitrogens is 1. The number of anilines is 2. The first-order valence-electron chi connectivity index (χ1n) is 12.2. The van der Waals surface area contributed by atoms with Crippen molar-refractivity contribution < 1.29 is 42.4 Å². The van der Waals surface area contributed by atoms with E-state index >= 15 is 8.78 Å². The number of nitrogens with zero attached hydrogens (tertiary/aromatic N) is 7. The van der Waals surface area contributed by atoms with Gasteiger partial charge in [-0.15, -0.1) is 0 Å². The lowest BCUT2D eigenvalue weighted by Gasteiger charge is -2.29. The minimum atomic E-state index is -4.38. The maximum absolute atomic E-state index is 15.7. The van der Waals surface area contributed by atoms with Crippen LogP contribution in [-0.2, 0) is 30.3 Å². The van der Waals surface area contributed by atoms with E-state index in [-0.39, 0.29) is 34.1 Å². The van der Waals surface area contributed by atoms with Gasteiger partial charge >= 0.3 is 6.72 Å². The maximum atomic E-state index is 15.7. The first-order chi connectivity index (χ1) is 19.9. The van der Waals surface area contributed by atoms with Crippen LogP contribution in [0.25, 0.3) is 22.3 Å². The van der Waals surface area contributed by atoms with E-state index in [0.717, 1.165) is 17.2 Å². The molecular formula is C20H21F2N10O8PS. The van der Waals surface area contributed by atoms with Gasteiger partial charge in [0.1, 0.15) is 36.3 Å². The summed E-state index contributed by atoms with van der Waals surface area (Å²) in [7, 11) is 0. The number of nitrogen functional groups attached to an aromatic ring is 2. The van der Waals surface area contributed by atoms with Crippen molar-refractivity contribution in [2.75, 3.05) is 18.1 Å². The Morgan fingerprint density at radius 3 is 2.60 bits per heavy atom. The molecule has 18 nitrogen and oxygen atoms in total. The molecule has 4 aromatic heterocycles. The summed E-state index contributed by atoms with van der Waals surface area (Å²) in [6, 6.07) is 0. The lowest BCUT2D eigenvalue weighted by atomic mass is 10.1. The zero-order valence-electron chi connectivity index (χ0n) is 20.8. The Hall–Kier alpha value is -3.27. The summed E-state index contributed by atoms with van der Waals surface area (Å²) in [4.78, 5) is 45.1. The van der Waals surface area contributed by atoms with Crippen LogP contribution in [-0.4, -0.2) is 103 Å². The van der Waals surface area contributed by atoms with Crippen LogP contribution in [0.15, 0.2) is 23.8 Å². The van der Waals surface area contributed by atoms with Gasteiger partial charge in [0.15, 0.2) is 53.0 Å². The van der Waals surface area contributed by atoms with Gasteiger partial charge in [0.05, 0.1) is 19.3 Å². The fourth-order valence-electron chi connectivity index (χ4n) is 5.21. The molecule has 0 spiro atoms. The van der Waals surface area contributed by atoms with Gasteiger partial charge in [0.25, 0.3) is 5.56 Å². The van der Waals surface area contributed by atoms with Crippen LogP contribution in [0, 0.1) is 0 Å². The summed E-state index contributed by atoms with van der Waals surface area (Å²) < 4.78 is 55.2. The van der Waals surface area contributed by atoms with Crippen molar-refractivity contribution >= 4 is 52.6 Å². The normalized spacial score (nSPS) is 35.5. The highest BCUT2D eigenvalue weighted by Gasteiger charge is 2.80. The third-order valence-corrected chi connectivity index (χ3v) is 8.92. The number of alkyl halides is 2. The Morgan fingerprint density at radius 2 is 1.83 bits per heavy atom. The van der Waals surface area contributed by atoms with Crippen LogP contribution >= 0.6 is 6.72 Å². The van der Waals surface area contributed by atoms with Crippen LogP contribution in [0.4, 0.5) is 20.5 Å². The first-order valence-corrected chi connectivity index (χ1v) is 14.8. The number of aromatic nitrogens is 8. The predicted octanol–water partition coefficient (Wildman–Crippen LogP) is -1.68. The molecule has 224 valence electrons. The van der Waals surface area contributed by atoms with Crippen LogP contribution in [0.5, 0.6) is 0 Å². The van der Waals surface area contributed by atoms with Crippen molar-refractivity contribution in [3.63, 3.8) is 0 Å². The van der Waals surface area contributed by atoms with Crippen LogP contribution < -0.4 is 17.0 Å². The lowest BCUT2D eigenvalue weighted by Crippen LogP contribution is -2.36. The van der Waals surface area contributed by atoms with Gasteiger partial charge < -0.3 is 40.6 Å². The van der Waals surface area contributed by atoms with Gasteiger partial charge in [-0.3, -0.25) is 23.4 Å². The number of aliphatic hydroxyl groups is 2. The molecule has 0 bridgehead atoms. The molecule has 2 unspecified atom stereocenters. The zero-order chi connectivity index (χ0) is 29.7. The van der Waals surface area contributed by atoms with Gasteiger partial charge in [-0.1, -0.05) is 0 Å². The van der Waals surface area contributed by atoms with Gasteiger partial charge in [0, 0.05) is 0 Å². The molecule has 1 saturated carbocycles. The van der Waals surface area contributed by atoms with Crippen molar-refractivity contribution in [2.24, 2.45) is 0 Å². The number of nitrogens with two attached hydrogens (primary N) is 2. The predicted molar refractivity (Wildman–Crippen MR) is 138 cm³/mol. The molecule has 0 aromatic carbocycles. The molecular weight excluding hydrogens is 609 g/mol. The zero-order valence-corrected chi connectivity index (χ0v) is 22.5. The van der Waals surface area contributed by atoms with Crippen LogP contribution in [0.1, 0.15) is 12.5 Å². The number of halogens is 2. The summed E-state index contributed by atoms with van der Waals surface area (Å²) in [5.41, 5.74) is 8.36. The SMILES string of the molecule is Nc1nc2c(ncn2[C@@H]2O[C@@H]3C(O)[C@@]3(F)[C@H]2OP(O)(=S)OC[C@H]2O[C@@H](n3cnc4c(N)ncnc43)[C@@H](F)[C@@H]2O)c(=O)[nH]1. The van der Waals surface area contributed by atoms with Crippen molar-refractivity contribution in [1.29, 1.82) is 0 Å². The fourth-order valence-corrected chi connectivity index (χ4v) is 6.62. The molecule has 22 heteroatoms. The summed E-state index contributed by atoms with van der Waals surface area (Å²) in [6.07, 6.45) is -9.10. The molecule has 10 atom stereocenters. The number of fused-ring (bicyclic) bond motifs is 3. The number of aromatic amines is 1. The second-order valence-corrected chi connectivity index (χ2v) is 12.7. The van der Waals surface area contributed by atoms with E-state index in [9.17, 15) is 19.9 Å². The van der Waals surface area contributed by atoms with Gasteiger partial charge in [-0.25, -0.2) is 28.7 Å². The number of aliphatic hydroxyl groups excluding tert-OH is 2. The van der Waals surface area contributed by atoms with Gasteiger partial charge in [-0.05, 0) is 11.8 Å². The highest BCUT2D eigenvalue weighted by molar-refractivity contribution is 8.07. The highest BCUT2D eigenvalue weighted by atomic mass is 32.5. The number of hydrogen-bond acceptors (Lipinski definition) is 15. The van der Waals surface area contributed by atoms with Crippen molar-refractivity contribution in [2.45, 2.75) is 54.8 Å². The fraction of sp³-hybridized carbons (Fsp3) is 0.500. The number of rotatable bonds is 7. The van der Waals surface area contributed by atoms with Crippen molar-refractivity contribution in [3.05, 3.63) is 29.3 Å². The number of nitrogens with one attached hydrogen (secondary N) is 1. The van der Waals surface area contributed by atoms with Crippen LogP contribution in [0.3, 0.4) is 0 Å². The second-order valence-electron chi connectivity index (χ2n) is 9.87. The molecule has 8 N–H and O–H groups in total. The molecule has 2 saturated heterocycles. The smallest absolute Gasteiger partial charge is 0.325 e. The Balaban J connectivity index is 1.09. The Labute approximate surface area is 236 Å². The highest BCUT2D eigenvalue weighted by Crippen LogP contribution is 2.62. The van der Waals surface area contributed by atoms with E-state index in [4.69, 9.17) is 41.8 Å². The van der Waals surface area contributed by atoms with E-state index in [2.05, 4.69) is 29.9 Å². The minimum Gasteiger partial charge on any atom is -0.387 e. The molecule has 3 fully saturated rings. The third-order valence-electron chi connectivity index (χ3n) is 7.38. The minimum absolute atomic E-state index is 0.0586. The first kappa shape index (κ1) is 27.6. The molecule has 2 aliphatic heterocycles. The van der Waals surface area contributed by atoms with E-state index in [1.54, 1.807) is 0 Å². The molecule has 6 heterocycles. The topological polar surface area (TPSA) is 257 Å². The van der Waals surface area contributed by atoms with E-state index < -0.39 is 73.7 Å². The quantitative estimate of drug-likeness (QED) is 0.125. The largest absolute Gasteiger partial charge is 0.387 e. The number of ether oxygens (including phenoxy) is 2. The number of hydrogen-bond donors (Lipinski definition) is 6. The second kappa shape index (κ2) is 9.36. The molecule has 0 radical (unpaired) electrons. The lowest BCUT2D eigenvalue weighted by molar-refractivity contribution is -0.0794. The Kier molecular flexibility index (Phi) is 6.14. The number of imidazole rings is 2. The molecule has 0 amide bonds. The van der Waals surface area contributed by atoms with Crippen molar-refractivity contribution in [1.82, 2.24) is 39.0 Å². The molecule has 1 aliphatic carbocycles. The van der Waals surface area contributed by atoms with Crippen LogP contribution in [0.2, 0.25) is 0 Å². The average molecular weight is 630 g/mol. The summed E-state index contributed by atoms with van der Waals surface area (Å²) in [5, 5.41) is 20.6. The summed E-state index contributed by atoms with van der Waals surface area (Å²) >= 11 is 5.07. The monoisotopic (exact) mass is 630 g/mol. The standard InChI is InChI=1S/C20H21F2N10O8PS/c21-6-9(33)5(38-17(6)31-3-27-7-13(23)25-2-26-14(7)31)1-37-41(36,42)40-12-18(39-11-10(34)20(11,12)22)32-4-28-8-15(32)29-19(24)30-16(8)35/h2-6,9-12,17-18,33-34H,1H2,(H,36,42)(H2,23,25,26)(H3,24,29,30,35)/t5-,6+,9-,10?,11-,12+,17-,18-,20+,41?/m1/s1. The summed E-state index contributed by atoms with van der Waals surface area (Å²) in [6.45, 7) is -5.04. The van der Waals surface area contributed by atoms with E-state index in [1.807, 2.05) is 0 Å². The van der Waals surface area contributed by atoms with Crippen molar-refractivity contribution in [3.8, 4) is 0 Å². The Bertz CT molecular complexity index is 1830. The van der Waals surface area contributed by atoms with E-state index in [1.165, 1.54) is 10.9 Å². The van der Waals surface area contributed by atoms with Gasteiger partial charge in [0.2, 0.25) is 5.95 Å². The Morgan fingerprint density at radius 1 is 1.12 bits per heavy atom. The summed E-state index contributed by atoms with van der Waals surface area (Å²) in [5.74, 6) is -0.192. The maximum Gasteiger partial charge on any atom is 0.325 e. The van der Waals surface area contributed by atoms with Gasteiger partial charge in [-0.2, -0.15) is 4.98 Å². The third kappa shape index (κ3) is 4.04. The van der Waals surface area contributed by atoms with E-state index in [0.29, 0.717) is 0 Å². The molecule has 3 aliphatic rings. The molecule has 7 rings (SSSR count). The average Bonchev–Trinajstić information content (AvgIpc) is 3.47. The molecule has 4 aromatic rings.